The lowest BCUT2D eigenvalue weighted by Gasteiger charge is -2.30. The molecule has 1 aliphatic rings. The first-order chi connectivity index (χ1) is 15.4. The van der Waals surface area contributed by atoms with E-state index in [1.165, 1.54) is 12.1 Å². The van der Waals surface area contributed by atoms with Crippen LogP contribution in [0.15, 0.2) is 58.1 Å². The van der Waals surface area contributed by atoms with Crippen LogP contribution in [0.25, 0.3) is 0 Å². The molecule has 1 aliphatic carbocycles. The van der Waals surface area contributed by atoms with E-state index in [9.17, 15) is 19.7 Å². The molecule has 0 bridgehead atoms. The highest BCUT2D eigenvalue weighted by atomic mass is 16.6. The Labute approximate surface area is 183 Å². The first-order valence-electron chi connectivity index (χ1n) is 10.4. The molecule has 0 saturated heterocycles. The third kappa shape index (κ3) is 4.56. The van der Waals surface area contributed by atoms with Crippen LogP contribution in [0.1, 0.15) is 25.7 Å². The van der Waals surface area contributed by atoms with E-state index in [2.05, 4.69) is 10.6 Å². The SMILES string of the molecule is COc1cccc(Nc2c(NC3CCC(Oc4ccc([N+](=O)[O-])cc4)CC3)c(=O)c2=O)c1. The summed E-state index contributed by atoms with van der Waals surface area (Å²) in [5, 5.41) is 17.0. The van der Waals surface area contributed by atoms with Gasteiger partial charge in [0.05, 0.1) is 18.1 Å². The van der Waals surface area contributed by atoms with Crippen LogP contribution in [0.2, 0.25) is 0 Å². The minimum atomic E-state index is -0.537. The molecule has 0 spiro atoms. The second-order valence-corrected chi connectivity index (χ2v) is 7.75. The Kier molecular flexibility index (Phi) is 6.07. The number of nitro groups is 1. The van der Waals surface area contributed by atoms with Crippen LogP contribution in [0, 0.1) is 10.1 Å². The molecular weight excluding hydrogens is 414 g/mol. The lowest BCUT2D eigenvalue weighted by Crippen LogP contribution is -2.40. The van der Waals surface area contributed by atoms with Crippen molar-refractivity contribution >= 4 is 22.7 Å². The Morgan fingerprint density at radius 2 is 1.62 bits per heavy atom. The van der Waals surface area contributed by atoms with Gasteiger partial charge in [-0.3, -0.25) is 19.7 Å². The van der Waals surface area contributed by atoms with Crippen LogP contribution in [-0.4, -0.2) is 24.2 Å². The number of hydrogen-bond donors (Lipinski definition) is 2. The van der Waals surface area contributed by atoms with Gasteiger partial charge in [0.2, 0.25) is 0 Å². The number of nitrogens with zero attached hydrogens (tertiary/aromatic N) is 1. The van der Waals surface area contributed by atoms with Crippen molar-refractivity contribution in [2.75, 3.05) is 17.7 Å². The van der Waals surface area contributed by atoms with E-state index in [0.717, 1.165) is 25.7 Å². The maximum Gasteiger partial charge on any atom is 0.269 e. The fraction of sp³-hybridized carbons (Fsp3) is 0.304. The highest BCUT2D eigenvalue weighted by Crippen LogP contribution is 2.29. The van der Waals surface area contributed by atoms with E-state index in [-0.39, 0.29) is 23.5 Å². The maximum atomic E-state index is 12.1. The molecule has 0 atom stereocenters. The molecule has 3 aromatic carbocycles. The van der Waals surface area contributed by atoms with Gasteiger partial charge < -0.3 is 20.1 Å². The van der Waals surface area contributed by atoms with E-state index < -0.39 is 15.8 Å². The number of ether oxygens (including phenoxy) is 2. The Bertz CT molecular complexity index is 1180. The predicted octanol–water partition coefficient (Wildman–Crippen LogP) is 3.75. The summed E-state index contributed by atoms with van der Waals surface area (Å²) in [6.07, 6.45) is 3.08. The predicted molar refractivity (Wildman–Crippen MR) is 121 cm³/mol. The molecule has 0 radical (unpaired) electrons. The van der Waals surface area contributed by atoms with Crippen molar-refractivity contribution in [3.8, 4) is 11.5 Å². The number of rotatable bonds is 8. The summed E-state index contributed by atoms with van der Waals surface area (Å²) in [4.78, 5) is 34.5. The molecule has 2 N–H and O–H groups in total. The summed E-state index contributed by atoms with van der Waals surface area (Å²) in [7, 11) is 1.56. The van der Waals surface area contributed by atoms with E-state index in [1.54, 1.807) is 43.5 Å². The largest absolute Gasteiger partial charge is 0.497 e. The molecular formula is C23H23N3O6. The number of benzene rings is 2. The van der Waals surface area contributed by atoms with Crippen molar-refractivity contribution in [2.24, 2.45) is 0 Å². The van der Waals surface area contributed by atoms with E-state index in [0.29, 0.717) is 22.9 Å². The van der Waals surface area contributed by atoms with Crippen molar-refractivity contribution in [3.63, 3.8) is 0 Å². The van der Waals surface area contributed by atoms with Crippen molar-refractivity contribution in [3.05, 3.63) is 79.1 Å². The van der Waals surface area contributed by atoms with Crippen LogP contribution in [0.5, 0.6) is 11.5 Å². The lowest BCUT2D eigenvalue weighted by molar-refractivity contribution is -0.384. The second kappa shape index (κ2) is 9.09. The number of nitrogens with one attached hydrogen (secondary N) is 2. The van der Waals surface area contributed by atoms with Crippen molar-refractivity contribution in [1.29, 1.82) is 0 Å². The van der Waals surface area contributed by atoms with Gasteiger partial charge in [-0.1, -0.05) is 6.07 Å². The van der Waals surface area contributed by atoms with E-state index in [1.807, 2.05) is 0 Å². The monoisotopic (exact) mass is 437 g/mol. The second-order valence-electron chi connectivity index (χ2n) is 7.75. The number of hydrogen-bond acceptors (Lipinski definition) is 8. The molecule has 32 heavy (non-hydrogen) atoms. The first kappa shape index (κ1) is 21.4. The molecule has 166 valence electrons. The minimum absolute atomic E-state index is 0.00316. The zero-order valence-electron chi connectivity index (χ0n) is 17.5. The van der Waals surface area contributed by atoms with Gasteiger partial charge in [0.15, 0.2) is 0 Å². The molecule has 0 aliphatic heterocycles. The van der Waals surface area contributed by atoms with Crippen LogP contribution in [-0.2, 0) is 0 Å². The fourth-order valence-electron chi connectivity index (χ4n) is 3.86. The smallest absolute Gasteiger partial charge is 0.269 e. The van der Waals surface area contributed by atoms with Gasteiger partial charge in [0.1, 0.15) is 22.9 Å². The van der Waals surface area contributed by atoms with Crippen molar-refractivity contribution in [1.82, 2.24) is 0 Å². The normalized spacial score (nSPS) is 18.2. The zero-order chi connectivity index (χ0) is 22.7. The molecule has 3 aromatic rings. The first-order valence-corrected chi connectivity index (χ1v) is 10.4. The van der Waals surface area contributed by atoms with Gasteiger partial charge in [0.25, 0.3) is 16.5 Å². The van der Waals surface area contributed by atoms with E-state index in [4.69, 9.17) is 9.47 Å². The Morgan fingerprint density at radius 3 is 2.28 bits per heavy atom. The highest BCUT2D eigenvalue weighted by molar-refractivity contribution is 5.79. The molecule has 1 fully saturated rings. The molecule has 9 heteroatoms. The third-order valence-corrected chi connectivity index (χ3v) is 5.62. The van der Waals surface area contributed by atoms with Crippen LogP contribution in [0.3, 0.4) is 0 Å². The van der Waals surface area contributed by atoms with Gasteiger partial charge in [-0.05, 0) is 49.9 Å². The van der Waals surface area contributed by atoms with Gasteiger partial charge in [0, 0.05) is 29.9 Å². The van der Waals surface area contributed by atoms with Gasteiger partial charge in [-0.25, -0.2) is 0 Å². The number of anilines is 3. The molecule has 4 rings (SSSR count). The van der Waals surface area contributed by atoms with Crippen molar-refractivity contribution in [2.45, 2.75) is 37.8 Å². The van der Waals surface area contributed by atoms with Gasteiger partial charge in [-0.2, -0.15) is 0 Å². The lowest BCUT2D eigenvalue weighted by atomic mass is 9.92. The summed E-state index contributed by atoms with van der Waals surface area (Å²) in [6, 6.07) is 13.2. The summed E-state index contributed by atoms with van der Waals surface area (Å²) < 4.78 is 11.1. The zero-order valence-corrected chi connectivity index (χ0v) is 17.5. The van der Waals surface area contributed by atoms with Crippen molar-refractivity contribution < 1.29 is 14.4 Å². The quantitative estimate of drug-likeness (QED) is 0.311. The fourth-order valence-corrected chi connectivity index (χ4v) is 3.86. The van der Waals surface area contributed by atoms with Gasteiger partial charge >= 0.3 is 0 Å². The summed E-state index contributed by atoms with van der Waals surface area (Å²) >= 11 is 0. The standard InChI is InChI=1S/C23H23N3O6/c1-31-19-4-2-3-15(13-19)25-21-20(22(27)23(21)28)24-14-5-9-17(10-6-14)32-18-11-7-16(8-12-18)26(29)30/h2-4,7-8,11-14,17,24-25H,5-6,9-10H2,1H3. The maximum absolute atomic E-state index is 12.1. The van der Waals surface area contributed by atoms with Crippen LogP contribution >= 0.6 is 0 Å². The topological polar surface area (TPSA) is 120 Å². The number of non-ortho nitro benzene ring substituents is 1. The Morgan fingerprint density at radius 1 is 0.938 bits per heavy atom. The summed E-state index contributed by atoms with van der Waals surface area (Å²) in [5.41, 5.74) is 0.228. The average Bonchev–Trinajstić information content (AvgIpc) is 2.82. The molecule has 0 heterocycles. The minimum Gasteiger partial charge on any atom is -0.497 e. The van der Waals surface area contributed by atoms with Crippen LogP contribution < -0.4 is 31.0 Å². The van der Waals surface area contributed by atoms with Crippen LogP contribution in [0.4, 0.5) is 22.7 Å². The Hall–Kier alpha value is -3.88. The molecule has 0 amide bonds. The molecule has 9 nitrogen and oxygen atoms in total. The highest BCUT2D eigenvalue weighted by Gasteiger charge is 2.27. The summed E-state index contributed by atoms with van der Waals surface area (Å²) in [5.74, 6) is 1.24. The summed E-state index contributed by atoms with van der Waals surface area (Å²) in [6.45, 7) is 0. The van der Waals surface area contributed by atoms with E-state index >= 15 is 0 Å². The number of nitro benzene ring substituents is 1. The molecule has 1 saturated carbocycles. The third-order valence-electron chi connectivity index (χ3n) is 5.62. The van der Waals surface area contributed by atoms with Gasteiger partial charge in [-0.15, -0.1) is 0 Å². The molecule has 0 aromatic heterocycles. The average molecular weight is 437 g/mol. The molecule has 0 unspecified atom stereocenters. The Balaban J connectivity index is 1.33. The number of methoxy groups -OCH3 is 1.